The number of hydrogen-bond acceptors (Lipinski definition) is 4. The Labute approximate surface area is 56.4 Å². The molecule has 0 heterocycles. The smallest absolute Gasteiger partial charge is 0.412 e. The molecule has 4 N–H and O–H groups in total. The molecule has 0 aliphatic heterocycles. The summed E-state index contributed by atoms with van der Waals surface area (Å²) in [5.74, 6) is 0. The number of rotatable bonds is 1. The highest BCUT2D eigenvalue weighted by Gasteiger charge is 1.97. The van der Waals surface area contributed by atoms with E-state index in [0.29, 0.717) is 0 Å². The minimum atomic E-state index is -4.61. The van der Waals surface area contributed by atoms with E-state index in [9.17, 15) is 0 Å². The van der Waals surface area contributed by atoms with E-state index in [-0.39, 0.29) is 22.8 Å². The molecule has 8 heteroatoms. The molecular formula is H7AlO6S. The minimum Gasteiger partial charge on any atom is -0.412 e. The van der Waals surface area contributed by atoms with E-state index in [2.05, 4.69) is 4.33 Å². The van der Waals surface area contributed by atoms with Crippen molar-refractivity contribution in [2.45, 2.75) is 0 Å². The lowest BCUT2D eigenvalue weighted by Crippen LogP contribution is -1.97. The summed E-state index contributed by atoms with van der Waals surface area (Å²) in [4.78, 5) is 0. The van der Waals surface area contributed by atoms with Gasteiger partial charge in [0.1, 0.15) is 0 Å². The van der Waals surface area contributed by atoms with E-state index < -0.39 is 10.4 Å². The average molecular weight is 162 g/mol. The average Bonchev–Trinajstić information content (AvgIpc) is 1.35. The van der Waals surface area contributed by atoms with Gasteiger partial charge in [-0.1, -0.05) is 4.33 Å². The van der Waals surface area contributed by atoms with Crippen LogP contribution in [0.4, 0.5) is 0 Å². The van der Waals surface area contributed by atoms with E-state index in [1.54, 1.807) is 0 Å². The van der Waals surface area contributed by atoms with E-state index in [4.69, 9.17) is 18.2 Å². The maximum Gasteiger partial charge on any atom is 0.423 e. The molecule has 0 aliphatic carbocycles. The van der Waals surface area contributed by atoms with Gasteiger partial charge in [0.25, 0.3) is 0 Å². The van der Waals surface area contributed by atoms with Crippen molar-refractivity contribution in [3.8, 4) is 0 Å². The molecule has 0 aromatic carbocycles. The molecule has 0 bridgehead atoms. The van der Waals surface area contributed by atoms with Crippen LogP contribution in [0, 0.1) is 0 Å². The fraction of sp³-hybridized carbons (Fsp3) is 0. The molecule has 0 saturated heterocycles. The van der Waals surface area contributed by atoms with Crippen LogP contribution in [0.15, 0.2) is 0 Å². The van der Waals surface area contributed by atoms with Crippen LogP contribution in [0.1, 0.15) is 0 Å². The molecule has 8 heavy (non-hydrogen) atoms. The van der Waals surface area contributed by atoms with Crippen molar-refractivity contribution in [2.24, 2.45) is 0 Å². The standard InChI is InChI=1S/Al.H2O5S.H2O.3H/c;1-5-6(2,3)4;;;;/h;1H,(H,2,3,4);1H2;;;. The van der Waals surface area contributed by atoms with E-state index in [0.717, 1.165) is 0 Å². The highest BCUT2D eigenvalue weighted by atomic mass is 32.3. The molecule has 52 valence electrons. The lowest BCUT2D eigenvalue weighted by molar-refractivity contribution is -0.139. The third kappa shape index (κ3) is 16.2. The van der Waals surface area contributed by atoms with Gasteiger partial charge >= 0.3 is 10.4 Å². The Hall–Kier alpha value is 0.322. The van der Waals surface area contributed by atoms with Crippen molar-refractivity contribution in [3.63, 3.8) is 0 Å². The second-order valence-corrected chi connectivity index (χ2v) is 1.51. The minimum absolute atomic E-state index is 0. The Bertz CT molecular complexity index is 110. The zero-order valence-electron chi connectivity index (χ0n) is 3.03. The predicted molar refractivity (Wildman–Crippen MR) is 28.8 cm³/mol. The van der Waals surface area contributed by atoms with Crippen molar-refractivity contribution >= 4 is 27.8 Å². The third-order valence-electron chi connectivity index (χ3n) is 0.0942. The van der Waals surface area contributed by atoms with Crippen LogP contribution in [0.2, 0.25) is 0 Å². The molecule has 0 atom stereocenters. The molecule has 0 unspecified atom stereocenters. The monoisotopic (exact) mass is 162 g/mol. The van der Waals surface area contributed by atoms with Gasteiger partial charge in [-0.05, 0) is 0 Å². The summed E-state index contributed by atoms with van der Waals surface area (Å²) in [5.41, 5.74) is 0. The highest BCUT2D eigenvalue weighted by Crippen LogP contribution is 1.74. The maximum absolute atomic E-state index is 9.08. The summed E-state index contributed by atoms with van der Waals surface area (Å²) in [6.07, 6.45) is 0. The summed E-state index contributed by atoms with van der Waals surface area (Å²) in [6.45, 7) is 0. The van der Waals surface area contributed by atoms with Gasteiger partial charge in [-0.15, -0.1) is 0 Å². The first kappa shape index (κ1) is 15.8. The summed E-state index contributed by atoms with van der Waals surface area (Å²) in [7, 11) is -4.61. The van der Waals surface area contributed by atoms with Crippen LogP contribution in [0.5, 0.6) is 0 Å². The van der Waals surface area contributed by atoms with Gasteiger partial charge in [0.2, 0.25) is 0 Å². The predicted octanol–water partition coefficient (Wildman–Crippen LogP) is -2.73. The molecular weight excluding hydrogens is 155 g/mol. The molecule has 0 aromatic rings. The van der Waals surface area contributed by atoms with Gasteiger partial charge in [-0.3, -0.25) is 4.55 Å². The number of hydrogen-bond donors (Lipinski definition) is 2. The topological polar surface area (TPSA) is 115 Å². The Kier molecular flexibility index (Phi) is 10.7. The molecule has 6 nitrogen and oxygen atoms in total. The van der Waals surface area contributed by atoms with Crippen molar-refractivity contribution < 1.29 is 28.0 Å². The molecule has 0 fully saturated rings. The van der Waals surface area contributed by atoms with E-state index in [1.165, 1.54) is 0 Å². The van der Waals surface area contributed by atoms with Crippen LogP contribution < -0.4 is 0 Å². The van der Waals surface area contributed by atoms with E-state index in [1.807, 2.05) is 0 Å². The molecule has 0 radical (unpaired) electrons. The summed E-state index contributed by atoms with van der Waals surface area (Å²) in [6, 6.07) is 0. The SMILES string of the molecule is O.O=S(=O)(O)OO.[AlH3]. The Morgan fingerprint density at radius 3 is 1.50 bits per heavy atom. The molecule has 0 amide bonds. The molecule has 0 aromatic heterocycles. The van der Waals surface area contributed by atoms with E-state index >= 15 is 0 Å². The van der Waals surface area contributed by atoms with Gasteiger partial charge in [0.15, 0.2) is 17.4 Å². The van der Waals surface area contributed by atoms with Gasteiger partial charge in [0.05, 0.1) is 0 Å². The summed E-state index contributed by atoms with van der Waals surface area (Å²) in [5, 5.41) is 7.06. The first-order valence-corrected chi connectivity index (χ1v) is 2.23. The molecule has 0 rings (SSSR count). The van der Waals surface area contributed by atoms with Gasteiger partial charge in [0, 0.05) is 0 Å². The molecule has 0 aliphatic rings. The maximum atomic E-state index is 9.08. The van der Waals surface area contributed by atoms with Crippen LogP contribution in [0.3, 0.4) is 0 Å². The first-order valence-electron chi connectivity index (χ1n) is 0.865. The normalized spacial score (nSPS) is 8.75. The lowest BCUT2D eigenvalue weighted by Gasteiger charge is -1.79. The second-order valence-electron chi connectivity index (χ2n) is 0.502. The highest BCUT2D eigenvalue weighted by molar-refractivity contribution is 7.80. The Balaban J connectivity index is -0.000000125. The third-order valence-corrected chi connectivity index (χ3v) is 0.283. The second kappa shape index (κ2) is 5.46. The zero-order valence-corrected chi connectivity index (χ0v) is 3.84. The zero-order chi connectivity index (χ0) is 5.21. The fourth-order valence-electron chi connectivity index (χ4n) is 0. The first-order chi connectivity index (χ1) is 2.56. The quantitative estimate of drug-likeness (QED) is 0.188. The molecule has 0 spiro atoms. The van der Waals surface area contributed by atoms with Crippen molar-refractivity contribution in [2.75, 3.05) is 0 Å². The van der Waals surface area contributed by atoms with Gasteiger partial charge in [-0.2, -0.15) is 8.42 Å². The van der Waals surface area contributed by atoms with Crippen LogP contribution in [-0.4, -0.2) is 41.1 Å². The lowest BCUT2D eigenvalue weighted by atomic mass is 15.0. The van der Waals surface area contributed by atoms with Crippen molar-refractivity contribution in [3.05, 3.63) is 0 Å². The fourth-order valence-corrected chi connectivity index (χ4v) is 0. The molecule has 0 saturated carbocycles. The Morgan fingerprint density at radius 2 is 1.50 bits per heavy atom. The summed E-state index contributed by atoms with van der Waals surface area (Å²) < 4.78 is 28.0. The van der Waals surface area contributed by atoms with Crippen molar-refractivity contribution in [1.82, 2.24) is 0 Å². The summed E-state index contributed by atoms with van der Waals surface area (Å²) >= 11 is 0. The largest absolute Gasteiger partial charge is 0.423 e. The van der Waals surface area contributed by atoms with Crippen molar-refractivity contribution in [1.29, 1.82) is 0 Å². The van der Waals surface area contributed by atoms with Gasteiger partial charge in [-0.25, -0.2) is 5.26 Å². The van der Waals surface area contributed by atoms with Crippen LogP contribution >= 0.6 is 0 Å². The van der Waals surface area contributed by atoms with Crippen LogP contribution in [-0.2, 0) is 14.7 Å². The van der Waals surface area contributed by atoms with Crippen LogP contribution in [0.25, 0.3) is 0 Å². The van der Waals surface area contributed by atoms with Gasteiger partial charge < -0.3 is 5.48 Å². The Morgan fingerprint density at radius 1 is 1.38 bits per heavy atom.